The van der Waals surface area contributed by atoms with Crippen LogP contribution < -0.4 is 0 Å². The lowest BCUT2D eigenvalue weighted by Gasteiger charge is -2.17. The molecule has 5 heteroatoms. The molecule has 2 unspecified atom stereocenters. The van der Waals surface area contributed by atoms with Crippen molar-refractivity contribution in [3.05, 3.63) is 41.2 Å². The molecule has 1 aromatic carbocycles. The fourth-order valence-corrected chi connectivity index (χ4v) is 2.27. The molecule has 112 valence electrons. The van der Waals surface area contributed by atoms with Gasteiger partial charge in [0.1, 0.15) is 5.82 Å². The number of carboxylic acids is 1. The van der Waals surface area contributed by atoms with Gasteiger partial charge >= 0.3 is 5.97 Å². The number of nitrogens with zero attached hydrogens (tertiary/aromatic N) is 1. The van der Waals surface area contributed by atoms with Crippen LogP contribution in [0.1, 0.15) is 29.3 Å². The van der Waals surface area contributed by atoms with Crippen molar-refractivity contribution < 1.29 is 19.1 Å². The van der Waals surface area contributed by atoms with Crippen LogP contribution in [0.15, 0.2) is 24.3 Å². The lowest BCUT2D eigenvalue weighted by Crippen LogP contribution is -2.29. The number of benzene rings is 1. The molecule has 0 saturated heterocycles. The number of aliphatic carboxylic acids is 1. The summed E-state index contributed by atoms with van der Waals surface area (Å²) in [6.45, 7) is 2.77. The second kappa shape index (κ2) is 6.08. The number of hydrogen-bond acceptors (Lipinski definition) is 2. The van der Waals surface area contributed by atoms with Gasteiger partial charge in [0.05, 0.1) is 5.56 Å². The van der Waals surface area contributed by atoms with Crippen LogP contribution in [0.5, 0.6) is 0 Å². The zero-order chi connectivity index (χ0) is 15.6. The molecule has 1 amide bonds. The first-order valence-electron chi connectivity index (χ1n) is 6.84. The lowest BCUT2D eigenvalue weighted by molar-refractivity contribution is -0.131. The predicted octanol–water partition coefficient (Wildman–Crippen LogP) is 2.65. The lowest BCUT2D eigenvalue weighted by atomic mass is 10.1. The highest BCUT2D eigenvalue weighted by atomic mass is 19.1. The molecule has 1 aromatic rings. The summed E-state index contributed by atoms with van der Waals surface area (Å²) in [5, 5.41) is 8.53. The van der Waals surface area contributed by atoms with Gasteiger partial charge in [0, 0.05) is 19.7 Å². The molecule has 2 atom stereocenters. The van der Waals surface area contributed by atoms with Crippen LogP contribution in [0.2, 0.25) is 0 Å². The fraction of sp³-hybridized carbons (Fsp3) is 0.375. The van der Waals surface area contributed by atoms with Crippen LogP contribution in [-0.2, 0) is 4.79 Å². The van der Waals surface area contributed by atoms with Crippen molar-refractivity contribution in [3.8, 4) is 0 Å². The van der Waals surface area contributed by atoms with Crippen molar-refractivity contribution in [3.63, 3.8) is 0 Å². The third-order valence-electron chi connectivity index (χ3n) is 3.77. The summed E-state index contributed by atoms with van der Waals surface area (Å²) in [7, 11) is 1.67. The van der Waals surface area contributed by atoms with Crippen LogP contribution >= 0.6 is 0 Å². The molecular weight excluding hydrogens is 273 g/mol. The average molecular weight is 291 g/mol. The second-order valence-corrected chi connectivity index (χ2v) is 5.57. The molecule has 4 nitrogen and oxygen atoms in total. The summed E-state index contributed by atoms with van der Waals surface area (Å²) in [6.07, 6.45) is 3.32. The number of amides is 1. The molecule has 2 rings (SSSR count). The summed E-state index contributed by atoms with van der Waals surface area (Å²) < 4.78 is 14.0. The van der Waals surface area contributed by atoms with E-state index in [1.807, 2.05) is 0 Å². The molecule has 1 fully saturated rings. The Morgan fingerprint density at radius 1 is 1.48 bits per heavy atom. The number of carboxylic acid groups (broad SMARTS) is 1. The summed E-state index contributed by atoms with van der Waals surface area (Å²) in [6, 6.07) is 4.09. The Morgan fingerprint density at radius 2 is 2.14 bits per heavy atom. The van der Waals surface area contributed by atoms with E-state index in [0.29, 0.717) is 23.9 Å². The molecule has 1 N–H and O–H groups in total. The third-order valence-corrected chi connectivity index (χ3v) is 3.77. The van der Waals surface area contributed by atoms with Gasteiger partial charge < -0.3 is 10.0 Å². The summed E-state index contributed by atoms with van der Waals surface area (Å²) in [4.78, 5) is 24.1. The van der Waals surface area contributed by atoms with Gasteiger partial charge in [-0.25, -0.2) is 9.18 Å². The van der Waals surface area contributed by atoms with E-state index in [1.54, 1.807) is 11.9 Å². The SMILES string of the molecule is CC1CC1CN(C)C(=O)c1ccc(C=CC(=O)O)cc1F. The second-order valence-electron chi connectivity index (χ2n) is 5.57. The minimum Gasteiger partial charge on any atom is -0.478 e. The summed E-state index contributed by atoms with van der Waals surface area (Å²) in [5.41, 5.74) is 0.420. The largest absolute Gasteiger partial charge is 0.478 e. The first kappa shape index (κ1) is 15.2. The minimum absolute atomic E-state index is 0.0123. The van der Waals surface area contributed by atoms with Gasteiger partial charge in [0.25, 0.3) is 5.91 Å². The summed E-state index contributed by atoms with van der Waals surface area (Å²) >= 11 is 0. The third kappa shape index (κ3) is 3.90. The first-order valence-corrected chi connectivity index (χ1v) is 6.84. The van der Waals surface area contributed by atoms with Gasteiger partial charge in [-0.05, 0) is 42.0 Å². The Balaban J connectivity index is 2.08. The van der Waals surface area contributed by atoms with Crippen molar-refractivity contribution in [1.29, 1.82) is 0 Å². The van der Waals surface area contributed by atoms with Gasteiger partial charge in [0.15, 0.2) is 0 Å². The molecule has 1 aliphatic rings. The monoisotopic (exact) mass is 291 g/mol. The Bertz CT molecular complexity index is 597. The van der Waals surface area contributed by atoms with Crippen LogP contribution in [0, 0.1) is 17.7 Å². The quantitative estimate of drug-likeness (QED) is 0.848. The maximum Gasteiger partial charge on any atom is 0.328 e. The van der Waals surface area contributed by atoms with E-state index in [9.17, 15) is 14.0 Å². The molecule has 0 heterocycles. The van der Waals surface area contributed by atoms with Crippen molar-refractivity contribution in [2.24, 2.45) is 11.8 Å². The maximum absolute atomic E-state index is 14.0. The van der Waals surface area contributed by atoms with Crippen LogP contribution in [-0.4, -0.2) is 35.5 Å². The number of carbonyl (C=O) groups excluding carboxylic acids is 1. The smallest absolute Gasteiger partial charge is 0.328 e. The van der Waals surface area contributed by atoms with Gasteiger partial charge in [-0.15, -0.1) is 0 Å². The van der Waals surface area contributed by atoms with E-state index in [4.69, 9.17) is 5.11 Å². The Labute approximate surface area is 122 Å². The van der Waals surface area contributed by atoms with Crippen molar-refractivity contribution in [2.45, 2.75) is 13.3 Å². The standard InChI is InChI=1S/C16H18FNO3/c1-10-7-12(10)9-18(2)16(21)13-5-3-11(8-14(13)17)4-6-15(19)20/h3-6,8,10,12H,7,9H2,1-2H3,(H,19,20). The first-order chi connectivity index (χ1) is 9.88. The van der Waals surface area contributed by atoms with Crippen LogP contribution in [0.3, 0.4) is 0 Å². The topological polar surface area (TPSA) is 57.6 Å². The van der Waals surface area contributed by atoms with Crippen molar-refractivity contribution in [1.82, 2.24) is 4.90 Å². The number of carbonyl (C=O) groups is 2. The predicted molar refractivity (Wildman–Crippen MR) is 77.3 cm³/mol. The van der Waals surface area contributed by atoms with Crippen LogP contribution in [0.25, 0.3) is 6.08 Å². The Kier molecular flexibility index (Phi) is 4.40. The van der Waals surface area contributed by atoms with Gasteiger partial charge in [-0.2, -0.15) is 0 Å². The highest BCUT2D eigenvalue weighted by molar-refractivity contribution is 5.94. The minimum atomic E-state index is -1.10. The molecule has 21 heavy (non-hydrogen) atoms. The Morgan fingerprint density at radius 3 is 2.67 bits per heavy atom. The number of hydrogen-bond donors (Lipinski definition) is 1. The number of halogens is 1. The zero-order valence-corrected chi connectivity index (χ0v) is 12.0. The average Bonchev–Trinajstić information content (AvgIpc) is 3.11. The highest BCUT2D eigenvalue weighted by Crippen LogP contribution is 2.38. The van der Waals surface area contributed by atoms with Gasteiger partial charge in [-0.1, -0.05) is 13.0 Å². The van der Waals surface area contributed by atoms with E-state index >= 15 is 0 Å². The van der Waals surface area contributed by atoms with Crippen molar-refractivity contribution >= 4 is 18.0 Å². The molecule has 0 bridgehead atoms. The van der Waals surface area contributed by atoms with E-state index in [1.165, 1.54) is 24.3 Å². The van der Waals surface area contributed by atoms with Crippen molar-refractivity contribution in [2.75, 3.05) is 13.6 Å². The molecular formula is C16H18FNO3. The molecule has 1 aliphatic carbocycles. The normalized spacial score (nSPS) is 20.5. The maximum atomic E-state index is 14.0. The Hall–Kier alpha value is -2.17. The fourth-order valence-electron chi connectivity index (χ4n) is 2.27. The molecule has 0 aliphatic heterocycles. The highest BCUT2D eigenvalue weighted by Gasteiger charge is 2.34. The zero-order valence-electron chi connectivity index (χ0n) is 12.0. The molecule has 1 saturated carbocycles. The van der Waals surface area contributed by atoms with Crippen LogP contribution in [0.4, 0.5) is 4.39 Å². The summed E-state index contributed by atoms with van der Waals surface area (Å²) in [5.74, 6) is -0.939. The molecule has 0 spiro atoms. The van der Waals surface area contributed by atoms with E-state index in [-0.39, 0.29) is 11.5 Å². The van der Waals surface area contributed by atoms with Gasteiger partial charge in [0.2, 0.25) is 0 Å². The van der Waals surface area contributed by atoms with Gasteiger partial charge in [-0.3, -0.25) is 4.79 Å². The van der Waals surface area contributed by atoms with E-state index in [2.05, 4.69) is 6.92 Å². The van der Waals surface area contributed by atoms with E-state index < -0.39 is 11.8 Å². The van der Waals surface area contributed by atoms with E-state index in [0.717, 1.165) is 12.5 Å². The molecule has 0 aromatic heterocycles. The number of rotatable bonds is 5. The molecule has 0 radical (unpaired) electrons.